The highest BCUT2D eigenvalue weighted by Crippen LogP contribution is 2.23. The largest absolute Gasteiger partial charge is 0.360 e. The lowest BCUT2D eigenvalue weighted by Crippen LogP contribution is -2.32. The Bertz CT molecular complexity index is 1050. The van der Waals surface area contributed by atoms with Gasteiger partial charge in [-0.25, -0.2) is 8.42 Å². The fraction of sp³-hybridized carbons (Fsp3) is 0.476. The van der Waals surface area contributed by atoms with Gasteiger partial charge in [0.2, 0.25) is 21.8 Å². The molecule has 0 radical (unpaired) electrons. The average molecular weight is 481 g/mol. The normalized spacial score (nSPS) is 16.2. The number of hydrogen-bond acceptors (Lipinski definition) is 7. The first-order chi connectivity index (χ1) is 15.3. The number of nitrogens with one attached hydrogen (secondary N) is 2. The number of rotatable bonds is 8. The molecule has 3 rings (SSSR count). The number of carbonyl (C=O) groups excluding carboxylic acids is 2. The van der Waals surface area contributed by atoms with Gasteiger partial charge in [-0.3, -0.25) is 9.59 Å². The van der Waals surface area contributed by atoms with E-state index in [1.54, 1.807) is 38.1 Å². The van der Waals surface area contributed by atoms with Gasteiger partial charge in [-0.1, -0.05) is 24.1 Å². The molecule has 32 heavy (non-hydrogen) atoms. The standard InChI is InChI=1S/C21H28N4O5S2/c1-15-12-19(24-30-15)23-21(27)16(2)31-14-20(26)22-17-8-7-9-18(13-17)32(28,29)25-10-5-3-4-6-11-25/h7-9,12-13,16H,3-6,10-11,14H2,1-2H3,(H,22,26)(H,23,24,27)/t16-/m1/s1. The van der Waals surface area contributed by atoms with Gasteiger partial charge in [0.05, 0.1) is 15.9 Å². The molecule has 1 aliphatic rings. The van der Waals surface area contributed by atoms with Crippen LogP contribution in [0.15, 0.2) is 39.8 Å². The lowest BCUT2D eigenvalue weighted by Gasteiger charge is -2.20. The number of nitrogens with zero attached hydrogens (tertiary/aromatic N) is 2. The van der Waals surface area contributed by atoms with Crippen molar-refractivity contribution in [3.05, 3.63) is 36.1 Å². The van der Waals surface area contributed by atoms with Gasteiger partial charge in [0, 0.05) is 24.8 Å². The number of anilines is 2. The van der Waals surface area contributed by atoms with Crippen LogP contribution in [0.3, 0.4) is 0 Å². The Morgan fingerprint density at radius 2 is 1.88 bits per heavy atom. The lowest BCUT2D eigenvalue weighted by molar-refractivity contribution is -0.115. The van der Waals surface area contributed by atoms with Gasteiger partial charge < -0.3 is 15.2 Å². The van der Waals surface area contributed by atoms with Crippen LogP contribution in [-0.2, 0) is 19.6 Å². The third-order valence-electron chi connectivity index (χ3n) is 5.03. The van der Waals surface area contributed by atoms with E-state index < -0.39 is 15.3 Å². The number of aryl methyl sites for hydroxylation is 1. The molecule has 1 fully saturated rings. The Balaban J connectivity index is 1.54. The van der Waals surface area contributed by atoms with E-state index in [1.165, 1.54) is 10.4 Å². The number of sulfonamides is 1. The average Bonchev–Trinajstić information content (AvgIpc) is 3.00. The molecule has 1 aromatic carbocycles. The van der Waals surface area contributed by atoms with Crippen molar-refractivity contribution in [3.8, 4) is 0 Å². The summed E-state index contributed by atoms with van der Waals surface area (Å²) in [6.45, 7) is 4.45. The molecule has 2 N–H and O–H groups in total. The van der Waals surface area contributed by atoms with Gasteiger partial charge in [-0.2, -0.15) is 4.31 Å². The zero-order valence-electron chi connectivity index (χ0n) is 18.2. The molecule has 1 aromatic heterocycles. The maximum Gasteiger partial charge on any atom is 0.243 e. The molecule has 9 nitrogen and oxygen atoms in total. The molecule has 1 atom stereocenters. The fourth-order valence-corrected chi connectivity index (χ4v) is 5.54. The number of carbonyl (C=O) groups is 2. The summed E-state index contributed by atoms with van der Waals surface area (Å²) in [7, 11) is -3.60. The molecule has 1 saturated heterocycles. The maximum atomic E-state index is 13.0. The van der Waals surface area contributed by atoms with Crippen molar-refractivity contribution < 1.29 is 22.5 Å². The van der Waals surface area contributed by atoms with Crippen LogP contribution in [0.25, 0.3) is 0 Å². The smallest absolute Gasteiger partial charge is 0.243 e. The van der Waals surface area contributed by atoms with E-state index in [9.17, 15) is 18.0 Å². The Morgan fingerprint density at radius 1 is 1.16 bits per heavy atom. The number of thioether (sulfide) groups is 1. The molecule has 0 bridgehead atoms. The van der Waals surface area contributed by atoms with Crippen LogP contribution in [0.4, 0.5) is 11.5 Å². The second kappa shape index (κ2) is 11.0. The number of hydrogen-bond donors (Lipinski definition) is 2. The van der Waals surface area contributed by atoms with Crippen molar-refractivity contribution in [2.75, 3.05) is 29.5 Å². The number of amides is 2. The first kappa shape index (κ1) is 24.3. The second-order valence-corrected chi connectivity index (χ2v) is 10.9. The van der Waals surface area contributed by atoms with Crippen molar-refractivity contribution in [3.63, 3.8) is 0 Å². The van der Waals surface area contributed by atoms with Crippen LogP contribution in [-0.4, -0.2) is 53.8 Å². The Morgan fingerprint density at radius 3 is 2.53 bits per heavy atom. The van der Waals surface area contributed by atoms with Crippen molar-refractivity contribution in [2.45, 2.75) is 49.7 Å². The molecular weight excluding hydrogens is 452 g/mol. The first-order valence-electron chi connectivity index (χ1n) is 10.5. The van der Waals surface area contributed by atoms with Gasteiger partial charge in [0.25, 0.3) is 0 Å². The quantitative estimate of drug-likeness (QED) is 0.595. The van der Waals surface area contributed by atoms with Crippen molar-refractivity contribution >= 4 is 45.1 Å². The van der Waals surface area contributed by atoms with Crippen LogP contribution < -0.4 is 10.6 Å². The molecule has 0 aliphatic carbocycles. The molecule has 0 spiro atoms. The zero-order chi connectivity index (χ0) is 23.1. The summed E-state index contributed by atoms with van der Waals surface area (Å²) < 4.78 is 32.4. The molecule has 2 amide bonds. The van der Waals surface area contributed by atoms with Crippen LogP contribution in [0.5, 0.6) is 0 Å². The topological polar surface area (TPSA) is 122 Å². The summed E-state index contributed by atoms with van der Waals surface area (Å²) in [4.78, 5) is 24.7. The van der Waals surface area contributed by atoms with Crippen LogP contribution in [0.2, 0.25) is 0 Å². The first-order valence-corrected chi connectivity index (χ1v) is 13.0. The van der Waals surface area contributed by atoms with E-state index in [-0.39, 0.29) is 22.5 Å². The number of aromatic nitrogens is 1. The third-order valence-corrected chi connectivity index (χ3v) is 8.07. The molecule has 0 saturated carbocycles. The minimum atomic E-state index is -3.60. The lowest BCUT2D eigenvalue weighted by atomic mass is 10.2. The molecule has 0 unspecified atom stereocenters. The van der Waals surface area contributed by atoms with Crippen molar-refractivity contribution in [1.29, 1.82) is 0 Å². The summed E-state index contributed by atoms with van der Waals surface area (Å²) >= 11 is 1.16. The van der Waals surface area contributed by atoms with Gasteiger partial charge >= 0.3 is 0 Å². The molecule has 2 aromatic rings. The molecule has 174 valence electrons. The van der Waals surface area contributed by atoms with Gasteiger partial charge in [-0.15, -0.1) is 11.8 Å². The monoisotopic (exact) mass is 480 g/mol. The molecule has 11 heteroatoms. The predicted octanol–water partition coefficient (Wildman–Crippen LogP) is 3.25. The number of benzene rings is 1. The second-order valence-electron chi connectivity index (χ2n) is 7.66. The van der Waals surface area contributed by atoms with Crippen molar-refractivity contribution in [2.24, 2.45) is 0 Å². The predicted molar refractivity (Wildman–Crippen MR) is 124 cm³/mol. The van der Waals surface area contributed by atoms with Crippen LogP contribution >= 0.6 is 11.8 Å². The summed E-state index contributed by atoms with van der Waals surface area (Å²) in [5, 5.41) is 8.56. The minimum Gasteiger partial charge on any atom is -0.360 e. The Kier molecular flexibility index (Phi) is 8.32. The van der Waals surface area contributed by atoms with Crippen LogP contribution in [0.1, 0.15) is 38.4 Å². The molecular formula is C21H28N4O5S2. The summed E-state index contributed by atoms with van der Waals surface area (Å²) in [6.07, 6.45) is 3.78. The van der Waals surface area contributed by atoms with E-state index in [0.29, 0.717) is 30.4 Å². The highest BCUT2D eigenvalue weighted by Gasteiger charge is 2.25. The Hall–Kier alpha value is -2.37. The summed E-state index contributed by atoms with van der Waals surface area (Å²) in [6, 6.07) is 7.89. The van der Waals surface area contributed by atoms with Crippen LogP contribution in [0, 0.1) is 6.92 Å². The minimum absolute atomic E-state index is 0.0372. The van der Waals surface area contributed by atoms with Gasteiger partial charge in [0.1, 0.15) is 5.76 Å². The Labute approximate surface area is 192 Å². The maximum absolute atomic E-state index is 13.0. The fourth-order valence-electron chi connectivity index (χ4n) is 3.29. The SMILES string of the molecule is Cc1cc(NC(=O)[C@@H](C)SCC(=O)Nc2cccc(S(=O)(=O)N3CCCCCC3)c2)no1. The molecule has 2 heterocycles. The van der Waals surface area contributed by atoms with Gasteiger partial charge in [0.15, 0.2) is 5.82 Å². The summed E-state index contributed by atoms with van der Waals surface area (Å²) in [5.74, 6) is 0.333. The van der Waals surface area contributed by atoms with E-state index >= 15 is 0 Å². The third kappa shape index (κ3) is 6.57. The highest BCUT2D eigenvalue weighted by molar-refractivity contribution is 8.01. The van der Waals surface area contributed by atoms with E-state index in [2.05, 4.69) is 15.8 Å². The van der Waals surface area contributed by atoms with Crippen molar-refractivity contribution in [1.82, 2.24) is 9.46 Å². The van der Waals surface area contributed by atoms with E-state index in [1.807, 2.05) is 0 Å². The highest BCUT2D eigenvalue weighted by atomic mass is 32.2. The van der Waals surface area contributed by atoms with E-state index in [0.717, 1.165) is 37.4 Å². The van der Waals surface area contributed by atoms with E-state index in [4.69, 9.17) is 4.52 Å². The van der Waals surface area contributed by atoms with Gasteiger partial charge in [-0.05, 0) is 44.9 Å². The summed E-state index contributed by atoms with van der Waals surface area (Å²) in [5.41, 5.74) is 0.404. The zero-order valence-corrected chi connectivity index (χ0v) is 19.8. The molecule has 1 aliphatic heterocycles.